The molecule has 1 amide bonds. The van der Waals surface area contributed by atoms with Gasteiger partial charge >= 0.3 is 5.97 Å². The van der Waals surface area contributed by atoms with Gasteiger partial charge in [0.1, 0.15) is 0 Å². The monoisotopic (exact) mass is 375 g/mol. The Morgan fingerprint density at radius 1 is 1.37 bits per heavy atom. The number of hydrogen-bond acceptors (Lipinski definition) is 6. The highest BCUT2D eigenvalue weighted by Gasteiger charge is 2.39. The van der Waals surface area contributed by atoms with Gasteiger partial charge in [0.2, 0.25) is 5.91 Å². The van der Waals surface area contributed by atoms with Crippen LogP contribution in [0.25, 0.3) is 0 Å². The van der Waals surface area contributed by atoms with Crippen LogP contribution >= 0.6 is 0 Å². The maximum Gasteiger partial charge on any atom is 0.305 e. The predicted octanol–water partition coefficient (Wildman–Crippen LogP) is 2.20. The van der Waals surface area contributed by atoms with E-state index in [1.165, 1.54) is 13.2 Å². The lowest BCUT2D eigenvalue weighted by Crippen LogP contribution is -2.53. The standard InChI is InChI=1S/C19H25N3O5/c1-27-18(23)6-4-9-20-19(24)15-12-13-11-14(22(25)26)7-8-16(13)21-10-3-2-5-17(15)21/h7-8,11,15,17H,2-6,9-10,12H2,1H3,(H,20,24)/t15-,17-/m0/s1. The first-order valence-corrected chi connectivity index (χ1v) is 9.39. The number of nitro groups is 1. The Labute approximate surface area is 158 Å². The van der Waals surface area contributed by atoms with Crippen molar-refractivity contribution in [3.63, 3.8) is 0 Å². The van der Waals surface area contributed by atoms with Crippen molar-refractivity contribution in [2.24, 2.45) is 5.92 Å². The molecule has 8 heteroatoms. The predicted molar refractivity (Wildman–Crippen MR) is 99.5 cm³/mol. The fourth-order valence-corrected chi connectivity index (χ4v) is 4.12. The van der Waals surface area contributed by atoms with E-state index >= 15 is 0 Å². The van der Waals surface area contributed by atoms with Crippen LogP contribution < -0.4 is 10.2 Å². The van der Waals surface area contributed by atoms with Crippen molar-refractivity contribution in [1.29, 1.82) is 0 Å². The molecule has 1 fully saturated rings. The number of non-ortho nitro benzene ring substituents is 1. The molecule has 2 aliphatic heterocycles. The zero-order chi connectivity index (χ0) is 19.4. The Kier molecular flexibility index (Phi) is 5.93. The van der Waals surface area contributed by atoms with Gasteiger partial charge in [-0.1, -0.05) is 0 Å². The summed E-state index contributed by atoms with van der Waals surface area (Å²) in [5, 5.41) is 14.0. The van der Waals surface area contributed by atoms with Gasteiger partial charge < -0.3 is 15.0 Å². The maximum absolute atomic E-state index is 12.8. The number of hydrogen-bond donors (Lipinski definition) is 1. The van der Waals surface area contributed by atoms with Gasteiger partial charge in [0.25, 0.3) is 5.69 Å². The number of benzene rings is 1. The lowest BCUT2D eigenvalue weighted by Gasteiger charge is -2.45. The van der Waals surface area contributed by atoms with Crippen molar-refractivity contribution in [3.8, 4) is 0 Å². The minimum absolute atomic E-state index is 0.0473. The quantitative estimate of drug-likeness (QED) is 0.354. The number of piperidine rings is 1. The summed E-state index contributed by atoms with van der Waals surface area (Å²) in [5.74, 6) is -0.575. The van der Waals surface area contributed by atoms with Crippen molar-refractivity contribution in [1.82, 2.24) is 5.32 Å². The Hall–Kier alpha value is -2.64. The van der Waals surface area contributed by atoms with Crippen LogP contribution in [-0.2, 0) is 20.7 Å². The van der Waals surface area contributed by atoms with E-state index in [0.29, 0.717) is 19.4 Å². The number of nitrogens with zero attached hydrogens (tertiary/aromatic N) is 2. The molecule has 2 aliphatic rings. The van der Waals surface area contributed by atoms with Crippen LogP contribution in [0.2, 0.25) is 0 Å². The molecule has 0 spiro atoms. The lowest BCUT2D eigenvalue weighted by atomic mass is 9.80. The number of esters is 1. The summed E-state index contributed by atoms with van der Waals surface area (Å²) in [4.78, 5) is 36.9. The molecule has 0 aliphatic carbocycles. The van der Waals surface area contributed by atoms with E-state index in [1.807, 2.05) is 6.07 Å². The van der Waals surface area contributed by atoms with Crippen molar-refractivity contribution in [3.05, 3.63) is 33.9 Å². The third kappa shape index (κ3) is 4.20. The molecule has 146 valence electrons. The van der Waals surface area contributed by atoms with Crippen LogP contribution in [0.1, 0.15) is 37.7 Å². The molecular weight excluding hydrogens is 350 g/mol. The third-order valence-corrected chi connectivity index (χ3v) is 5.46. The molecule has 0 aromatic heterocycles. The largest absolute Gasteiger partial charge is 0.469 e. The van der Waals surface area contributed by atoms with Gasteiger partial charge in [-0.15, -0.1) is 0 Å². The SMILES string of the molecule is COC(=O)CCCNC(=O)[C@H]1Cc2cc([N+](=O)[O-])ccc2N2CCCC[C@@H]12. The molecule has 0 radical (unpaired) electrons. The first kappa shape index (κ1) is 19.1. The minimum Gasteiger partial charge on any atom is -0.469 e. The second-order valence-corrected chi connectivity index (χ2v) is 7.11. The third-order valence-electron chi connectivity index (χ3n) is 5.46. The molecular formula is C19H25N3O5. The highest BCUT2D eigenvalue weighted by atomic mass is 16.6. The Morgan fingerprint density at radius 3 is 2.93 bits per heavy atom. The second kappa shape index (κ2) is 8.37. The molecule has 3 rings (SSSR count). The molecule has 0 bridgehead atoms. The highest BCUT2D eigenvalue weighted by Crippen LogP contribution is 2.39. The van der Waals surface area contributed by atoms with Gasteiger partial charge in [-0.2, -0.15) is 0 Å². The van der Waals surface area contributed by atoms with Gasteiger partial charge in [-0.05, 0) is 43.7 Å². The number of carbonyl (C=O) groups is 2. The van der Waals surface area contributed by atoms with Crippen LogP contribution in [0.5, 0.6) is 0 Å². The molecule has 2 atom stereocenters. The van der Waals surface area contributed by atoms with Gasteiger partial charge in [0.15, 0.2) is 0 Å². The number of nitro benzene ring substituents is 1. The zero-order valence-corrected chi connectivity index (χ0v) is 15.5. The number of methoxy groups -OCH3 is 1. The van der Waals surface area contributed by atoms with Crippen LogP contribution in [0, 0.1) is 16.0 Å². The van der Waals surface area contributed by atoms with Gasteiger partial charge in [0, 0.05) is 43.4 Å². The van der Waals surface area contributed by atoms with E-state index in [0.717, 1.165) is 37.1 Å². The van der Waals surface area contributed by atoms with Crippen LogP contribution in [-0.4, -0.2) is 43.0 Å². The number of anilines is 1. The molecule has 0 unspecified atom stereocenters. The second-order valence-electron chi connectivity index (χ2n) is 7.11. The number of fused-ring (bicyclic) bond motifs is 3. The topological polar surface area (TPSA) is 102 Å². The lowest BCUT2D eigenvalue weighted by molar-refractivity contribution is -0.384. The van der Waals surface area contributed by atoms with E-state index in [9.17, 15) is 19.7 Å². The fraction of sp³-hybridized carbons (Fsp3) is 0.579. The molecule has 0 saturated carbocycles. The number of ether oxygens (including phenoxy) is 1. The van der Waals surface area contributed by atoms with Crippen molar-refractivity contribution in [2.45, 2.75) is 44.6 Å². The Morgan fingerprint density at radius 2 is 2.19 bits per heavy atom. The Balaban J connectivity index is 1.73. The fourth-order valence-electron chi connectivity index (χ4n) is 4.12. The van der Waals surface area contributed by atoms with Gasteiger partial charge in [0.05, 0.1) is 18.0 Å². The molecule has 1 aromatic carbocycles. The van der Waals surface area contributed by atoms with E-state index in [4.69, 9.17) is 0 Å². The average molecular weight is 375 g/mol. The number of nitrogens with one attached hydrogen (secondary N) is 1. The summed E-state index contributed by atoms with van der Waals surface area (Å²) in [6, 6.07) is 5.07. The van der Waals surface area contributed by atoms with Crippen LogP contribution in [0.4, 0.5) is 11.4 Å². The van der Waals surface area contributed by atoms with Crippen molar-refractivity contribution in [2.75, 3.05) is 25.1 Å². The first-order valence-electron chi connectivity index (χ1n) is 9.39. The first-order chi connectivity index (χ1) is 13.0. The zero-order valence-electron chi connectivity index (χ0n) is 15.5. The summed E-state index contributed by atoms with van der Waals surface area (Å²) in [5.41, 5.74) is 1.93. The molecule has 2 heterocycles. The van der Waals surface area contributed by atoms with E-state index in [2.05, 4.69) is 15.0 Å². The molecule has 1 saturated heterocycles. The van der Waals surface area contributed by atoms with E-state index in [1.54, 1.807) is 6.07 Å². The Bertz CT molecular complexity index is 736. The number of carbonyl (C=O) groups excluding carboxylic acids is 2. The van der Waals surface area contributed by atoms with E-state index in [-0.39, 0.29) is 35.9 Å². The summed E-state index contributed by atoms with van der Waals surface area (Å²) < 4.78 is 4.60. The van der Waals surface area contributed by atoms with Crippen LogP contribution in [0.15, 0.2) is 18.2 Å². The maximum atomic E-state index is 12.8. The summed E-state index contributed by atoms with van der Waals surface area (Å²) in [6.45, 7) is 1.28. The summed E-state index contributed by atoms with van der Waals surface area (Å²) in [7, 11) is 1.34. The molecule has 27 heavy (non-hydrogen) atoms. The van der Waals surface area contributed by atoms with Crippen molar-refractivity contribution >= 4 is 23.3 Å². The van der Waals surface area contributed by atoms with E-state index < -0.39 is 4.92 Å². The summed E-state index contributed by atoms with van der Waals surface area (Å²) in [6.07, 6.45) is 4.38. The van der Waals surface area contributed by atoms with Crippen LogP contribution in [0.3, 0.4) is 0 Å². The molecule has 1 N–H and O–H groups in total. The smallest absolute Gasteiger partial charge is 0.305 e. The minimum atomic E-state index is -0.398. The molecule has 8 nitrogen and oxygen atoms in total. The van der Waals surface area contributed by atoms with Gasteiger partial charge in [-0.3, -0.25) is 19.7 Å². The van der Waals surface area contributed by atoms with Crippen molar-refractivity contribution < 1.29 is 19.2 Å². The highest BCUT2D eigenvalue weighted by molar-refractivity contribution is 5.82. The molecule has 1 aromatic rings. The number of rotatable bonds is 6. The average Bonchev–Trinajstić information content (AvgIpc) is 2.69. The normalized spacial score (nSPS) is 21.0. The van der Waals surface area contributed by atoms with Gasteiger partial charge in [-0.25, -0.2) is 0 Å². The summed E-state index contributed by atoms with van der Waals surface area (Å²) >= 11 is 0. The number of amides is 1.